The van der Waals surface area contributed by atoms with E-state index >= 15 is 0 Å². The first kappa shape index (κ1) is 20.8. The van der Waals surface area contributed by atoms with Crippen LogP contribution < -0.4 is 15.4 Å². The van der Waals surface area contributed by atoms with Gasteiger partial charge < -0.3 is 10.6 Å². The number of piperidine rings is 1. The number of amides is 1. The molecule has 1 saturated heterocycles. The van der Waals surface area contributed by atoms with Crippen molar-refractivity contribution in [1.82, 2.24) is 15.4 Å². The van der Waals surface area contributed by atoms with Gasteiger partial charge in [0, 0.05) is 12.1 Å². The molecule has 1 amide bonds. The summed E-state index contributed by atoms with van der Waals surface area (Å²) in [6, 6.07) is 4.15. The van der Waals surface area contributed by atoms with Crippen LogP contribution in [-0.2, 0) is 14.8 Å². The molecule has 3 atom stereocenters. The van der Waals surface area contributed by atoms with E-state index in [1.807, 2.05) is 6.92 Å². The molecule has 24 heavy (non-hydrogen) atoms. The van der Waals surface area contributed by atoms with Crippen molar-refractivity contribution >= 4 is 28.3 Å². The van der Waals surface area contributed by atoms with Gasteiger partial charge in [-0.15, -0.1) is 12.4 Å². The maximum absolute atomic E-state index is 13.6. The van der Waals surface area contributed by atoms with Crippen LogP contribution in [0.25, 0.3) is 0 Å². The molecule has 3 unspecified atom stereocenters. The topological polar surface area (TPSA) is 87.3 Å². The number of nitrogens with one attached hydrogen (secondary N) is 3. The minimum atomic E-state index is -4.09. The maximum atomic E-state index is 13.6. The molecule has 1 aromatic rings. The maximum Gasteiger partial charge on any atom is 0.244 e. The monoisotopic (exact) mass is 379 g/mol. The van der Waals surface area contributed by atoms with Gasteiger partial charge in [-0.1, -0.05) is 12.1 Å². The fraction of sp³-hybridized carbons (Fsp3) is 0.533. The number of carbonyl (C=O) groups excluding carboxylic acids is 1. The summed E-state index contributed by atoms with van der Waals surface area (Å²) in [4.78, 5) is 11.7. The van der Waals surface area contributed by atoms with Crippen LogP contribution in [0, 0.1) is 5.82 Å². The van der Waals surface area contributed by atoms with E-state index in [-0.39, 0.29) is 24.5 Å². The first-order chi connectivity index (χ1) is 10.8. The van der Waals surface area contributed by atoms with Gasteiger partial charge in [-0.2, -0.15) is 4.72 Å². The summed E-state index contributed by atoms with van der Waals surface area (Å²) < 4.78 is 40.2. The third kappa shape index (κ3) is 5.14. The highest BCUT2D eigenvalue weighted by Crippen LogP contribution is 2.14. The lowest BCUT2D eigenvalue weighted by Gasteiger charge is -2.31. The molecule has 0 spiro atoms. The molecule has 0 aromatic heterocycles. The van der Waals surface area contributed by atoms with Crippen molar-refractivity contribution in [2.75, 3.05) is 6.54 Å². The van der Waals surface area contributed by atoms with E-state index in [9.17, 15) is 17.6 Å². The Morgan fingerprint density at radius 2 is 2.04 bits per heavy atom. The van der Waals surface area contributed by atoms with Gasteiger partial charge in [0.25, 0.3) is 0 Å². The first-order valence-corrected chi connectivity index (χ1v) is 9.10. The van der Waals surface area contributed by atoms with Crippen LogP contribution >= 0.6 is 12.4 Å². The van der Waals surface area contributed by atoms with Crippen LogP contribution in [0.15, 0.2) is 29.2 Å². The zero-order valence-electron chi connectivity index (χ0n) is 13.6. The number of hydrogen-bond donors (Lipinski definition) is 3. The van der Waals surface area contributed by atoms with Crippen LogP contribution in [0.5, 0.6) is 0 Å². The molecule has 9 heteroatoms. The predicted octanol–water partition coefficient (Wildman–Crippen LogP) is 1.17. The van der Waals surface area contributed by atoms with Gasteiger partial charge in [0.1, 0.15) is 10.7 Å². The largest absolute Gasteiger partial charge is 0.350 e. The van der Waals surface area contributed by atoms with Crippen molar-refractivity contribution in [1.29, 1.82) is 0 Å². The highest BCUT2D eigenvalue weighted by atomic mass is 35.5. The van der Waals surface area contributed by atoms with Crippen molar-refractivity contribution < 1.29 is 17.6 Å². The Morgan fingerprint density at radius 3 is 2.67 bits per heavy atom. The minimum absolute atomic E-state index is 0. The number of carbonyl (C=O) groups is 1. The second-order valence-corrected chi connectivity index (χ2v) is 7.46. The van der Waals surface area contributed by atoms with E-state index in [2.05, 4.69) is 15.4 Å². The Bertz CT molecular complexity index is 672. The van der Waals surface area contributed by atoms with Crippen molar-refractivity contribution in [2.45, 2.75) is 49.7 Å². The van der Waals surface area contributed by atoms with Crippen LogP contribution in [0.2, 0.25) is 0 Å². The quantitative estimate of drug-likeness (QED) is 0.716. The smallest absolute Gasteiger partial charge is 0.244 e. The first-order valence-electron chi connectivity index (χ1n) is 7.62. The van der Waals surface area contributed by atoms with E-state index in [4.69, 9.17) is 0 Å². The lowest BCUT2D eigenvalue weighted by atomic mass is 9.99. The standard InChI is InChI=1S/C15H22FN3O3S.ClH/c1-10-13(7-5-9-17-10)18-15(20)11(2)19-23(21,22)14-8-4-3-6-12(14)16;/h3-4,6,8,10-11,13,17,19H,5,7,9H2,1-2H3,(H,18,20);1H. The highest BCUT2D eigenvalue weighted by molar-refractivity contribution is 7.89. The van der Waals surface area contributed by atoms with Crippen LogP contribution in [0.4, 0.5) is 4.39 Å². The van der Waals surface area contributed by atoms with Crippen molar-refractivity contribution in [3.05, 3.63) is 30.1 Å². The van der Waals surface area contributed by atoms with Gasteiger partial charge in [0.05, 0.1) is 6.04 Å². The summed E-state index contributed by atoms with van der Waals surface area (Å²) in [7, 11) is -4.09. The number of rotatable bonds is 5. The minimum Gasteiger partial charge on any atom is -0.350 e. The fourth-order valence-corrected chi connectivity index (χ4v) is 3.84. The SMILES string of the molecule is CC(NS(=O)(=O)c1ccccc1F)C(=O)NC1CCCNC1C.Cl. The summed E-state index contributed by atoms with van der Waals surface area (Å²) in [5.74, 6) is -1.27. The Labute approximate surface area is 148 Å². The Morgan fingerprint density at radius 1 is 1.38 bits per heavy atom. The second kappa shape index (κ2) is 8.75. The van der Waals surface area contributed by atoms with E-state index in [0.29, 0.717) is 0 Å². The highest BCUT2D eigenvalue weighted by Gasteiger charge is 2.28. The molecule has 0 aliphatic carbocycles. The zero-order valence-corrected chi connectivity index (χ0v) is 15.2. The number of halogens is 2. The summed E-state index contributed by atoms with van der Waals surface area (Å²) in [6.07, 6.45) is 1.79. The third-order valence-electron chi connectivity index (χ3n) is 3.94. The molecule has 1 heterocycles. The van der Waals surface area contributed by atoms with E-state index in [0.717, 1.165) is 31.5 Å². The third-order valence-corrected chi connectivity index (χ3v) is 5.51. The molecule has 6 nitrogen and oxygen atoms in total. The molecule has 136 valence electrons. The van der Waals surface area contributed by atoms with E-state index in [1.54, 1.807) is 0 Å². The molecule has 2 rings (SSSR count). The zero-order chi connectivity index (χ0) is 17.0. The second-order valence-electron chi connectivity index (χ2n) is 5.77. The molecule has 0 saturated carbocycles. The molecule has 1 aliphatic heterocycles. The van der Waals surface area contributed by atoms with Gasteiger partial charge in [0.2, 0.25) is 15.9 Å². The molecule has 3 N–H and O–H groups in total. The van der Waals surface area contributed by atoms with Gasteiger partial charge in [-0.3, -0.25) is 4.79 Å². The van der Waals surface area contributed by atoms with Gasteiger partial charge in [0.15, 0.2) is 0 Å². The molecular weight excluding hydrogens is 357 g/mol. The van der Waals surface area contributed by atoms with E-state index in [1.165, 1.54) is 19.1 Å². The Kier molecular flexibility index (Phi) is 7.59. The lowest BCUT2D eigenvalue weighted by molar-refractivity contribution is -0.123. The fourth-order valence-electron chi connectivity index (χ4n) is 2.56. The van der Waals surface area contributed by atoms with Crippen LogP contribution in [-0.4, -0.2) is 39.0 Å². The normalized spacial score (nSPS) is 22.3. The average Bonchev–Trinajstić information content (AvgIpc) is 2.49. The Hall–Kier alpha value is -1.22. The van der Waals surface area contributed by atoms with Gasteiger partial charge in [-0.05, 0) is 45.4 Å². The van der Waals surface area contributed by atoms with Gasteiger partial charge >= 0.3 is 0 Å². The van der Waals surface area contributed by atoms with Crippen LogP contribution in [0.3, 0.4) is 0 Å². The Balaban J connectivity index is 0.00000288. The number of hydrogen-bond acceptors (Lipinski definition) is 4. The average molecular weight is 380 g/mol. The van der Waals surface area contributed by atoms with Crippen LogP contribution in [0.1, 0.15) is 26.7 Å². The van der Waals surface area contributed by atoms with Gasteiger partial charge in [-0.25, -0.2) is 12.8 Å². The summed E-state index contributed by atoms with van der Waals surface area (Å²) in [5, 5.41) is 6.09. The molecule has 0 bridgehead atoms. The summed E-state index contributed by atoms with van der Waals surface area (Å²) in [6.45, 7) is 4.32. The molecule has 1 aliphatic rings. The number of benzene rings is 1. The molecule has 1 aromatic carbocycles. The molecular formula is C15H23ClFN3O3S. The van der Waals surface area contributed by atoms with Crippen molar-refractivity contribution in [2.24, 2.45) is 0 Å². The summed E-state index contributed by atoms with van der Waals surface area (Å²) >= 11 is 0. The number of sulfonamides is 1. The predicted molar refractivity (Wildman–Crippen MR) is 92.1 cm³/mol. The lowest BCUT2D eigenvalue weighted by Crippen LogP contribution is -2.55. The van der Waals surface area contributed by atoms with E-state index < -0.39 is 32.7 Å². The molecule has 0 radical (unpaired) electrons. The molecule has 1 fully saturated rings. The van der Waals surface area contributed by atoms with Crippen molar-refractivity contribution in [3.63, 3.8) is 0 Å². The van der Waals surface area contributed by atoms with Crippen molar-refractivity contribution in [3.8, 4) is 0 Å². The summed E-state index contributed by atoms with van der Waals surface area (Å²) in [5.41, 5.74) is 0.